The lowest BCUT2D eigenvalue weighted by molar-refractivity contribution is 0.0194. The first-order valence-corrected chi connectivity index (χ1v) is 7.18. The summed E-state index contributed by atoms with van der Waals surface area (Å²) in [4.78, 5) is 2.86. The van der Waals surface area contributed by atoms with Gasteiger partial charge in [0, 0.05) is 26.1 Å². The van der Waals surface area contributed by atoms with Crippen molar-refractivity contribution in [2.24, 2.45) is 11.7 Å². The van der Waals surface area contributed by atoms with Crippen molar-refractivity contribution < 1.29 is 14.2 Å². The zero-order chi connectivity index (χ0) is 14.5. The second-order valence-electron chi connectivity index (χ2n) is 4.41. The highest BCUT2D eigenvalue weighted by Crippen LogP contribution is 2.00. The molecule has 0 bridgehead atoms. The number of methoxy groups -OCH3 is 1. The van der Waals surface area contributed by atoms with Gasteiger partial charge in [-0.25, -0.2) is 0 Å². The molecular weight excluding hydrogens is 264 g/mol. The lowest BCUT2D eigenvalue weighted by Crippen LogP contribution is -2.36. The van der Waals surface area contributed by atoms with Crippen LogP contribution in [0.2, 0.25) is 0 Å². The van der Waals surface area contributed by atoms with Crippen molar-refractivity contribution in [1.82, 2.24) is 4.90 Å². The number of hydrogen-bond donors (Lipinski definition) is 1. The maximum absolute atomic E-state index is 5.62. The van der Waals surface area contributed by atoms with E-state index in [9.17, 15) is 0 Å². The van der Waals surface area contributed by atoms with Crippen molar-refractivity contribution in [2.45, 2.75) is 13.8 Å². The van der Waals surface area contributed by atoms with Crippen LogP contribution in [0.25, 0.3) is 0 Å². The van der Waals surface area contributed by atoms with Crippen molar-refractivity contribution in [3.63, 3.8) is 0 Å². The van der Waals surface area contributed by atoms with Crippen LogP contribution in [0.15, 0.2) is 0 Å². The zero-order valence-electron chi connectivity index (χ0n) is 12.4. The van der Waals surface area contributed by atoms with Crippen LogP contribution < -0.4 is 5.73 Å². The molecule has 0 fully saturated rings. The Kier molecular flexibility index (Phi) is 12.6. The molecule has 0 aliphatic rings. The highest BCUT2D eigenvalue weighted by atomic mass is 32.1. The fourth-order valence-electron chi connectivity index (χ4n) is 1.51. The van der Waals surface area contributed by atoms with Gasteiger partial charge in [-0.15, -0.1) is 0 Å². The highest BCUT2D eigenvalue weighted by Gasteiger charge is 2.10. The lowest BCUT2D eigenvalue weighted by Gasteiger charge is -2.23. The molecule has 5 nitrogen and oxygen atoms in total. The largest absolute Gasteiger partial charge is 0.393 e. The maximum atomic E-state index is 5.62. The number of ether oxygens (including phenoxy) is 3. The van der Waals surface area contributed by atoms with E-state index in [0.29, 0.717) is 38.0 Å². The molecule has 0 rings (SSSR count). The Hall–Kier alpha value is -0.270. The molecule has 0 aromatic carbocycles. The molecule has 0 aromatic rings. The normalized spacial score (nSPS) is 12.8. The molecule has 0 aliphatic heterocycles. The fourth-order valence-corrected chi connectivity index (χ4v) is 1.59. The van der Waals surface area contributed by atoms with E-state index in [1.807, 2.05) is 0 Å². The molecule has 1 atom stereocenters. The minimum atomic E-state index is 0.243. The van der Waals surface area contributed by atoms with E-state index in [-0.39, 0.29) is 5.92 Å². The summed E-state index contributed by atoms with van der Waals surface area (Å²) < 4.78 is 15.7. The summed E-state index contributed by atoms with van der Waals surface area (Å²) in [5, 5.41) is 0. The second kappa shape index (κ2) is 12.7. The summed E-state index contributed by atoms with van der Waals surface area (Å²) in [6.07, 6.45) is 0. The van der Waals surface area contributed by atoms with Gasteiger partial charge in [0.2, 0.25) is 0 Å². The Morgan fingerprint density at radius 1 is 1.16 bits per heavy atom. The molecule has 114 valence electrons. The van der Waals surface area contributed by atoms with Gasteiger partial charge in [0.25, 0.3) is 0 Å². The Morgan fingerprint density at radius 3 is 2.26 bits per heavy atom. The van der Waals surface area contributed by atoms with Crippen LogP contribution in [0.5, 0.6) is 0 Å². The number of hydrogen-bond acceptors (Lipinski definition) is 5. The Balaban J connectivity index is 3.48. The van der Waals surface area contributed by atoms with Gasteiger partial charge in [0.05, 0.1) is 38.0 Å². The molecule has 0 aliphatic carbocycles. The molecule has 2 N–H and O–H groups in total. The van der Waals surface area contributed by atoms with Crippen molar-refractivity contribution in [1.29, 1.82) is 0 Å². The first-order valence-electron chi connectivity index (χ1n) is 6.77. The van der Waals surface area contributed by atoms with Crippen LogP contribution in [-0.2, 0) is 14.2 Å². The average Bonchev–Trinajstić information content (AvgIpc) is 2.39. The number of nitrogens with zero attached hydrogens (tertiary/aromatic N) is 1. The van der Waals surface area contributed by atoms with E-state index >= 15 is 0 Å². The Morgan fingerprint density at radius 2 is 1.74 bits per heavy atom. The molecule has 0 spiro atoms. The van der Waals surface area contributed by atoms with Gasteiger partial charge in [0.15, 0.2) is 0 Å². The minimum absolute atomic E-state index is 0.243. The monoisotopic (exact) mass is 292 g/mol. The van der Waals surface area contributed by atoms with Crippen molar-refractivity contribution in [3.05, 3.63) is 0 Å². The maximum Gasteiger partial charge on any atom is 0.0768 e. The third-order valence-corrected chi connectivity index (χ3v) is 3.22. The van der Waals surface area contributed by atoms with Gasteiger partial charge in [-0.2, -0.15) is 0 Å². The van der Waals surface area contributed by atoms with E-state index in [1.54, 1.807) is 7.11 Å². The zero-order valence-corrected chi connectivity index (χ0v) is 13.2. The van der Waals surface area contributed by atoms with E-state index in [2.05, 4.69) is 18.7 Å². The average molecular weight is 292 g/mol. The Bertz CT molecular complexity index is 230. The molecule has 6 heteroatoms. The van der Waals surface area contributed by atoms with Gasteiger partial charge in [-0.1, -0.05) is 26.1 Å². The topological polar surface area (TPSA) is 57.0 Å². The van der Waals surface area contributed by atoms with Crippen LogP contribution in [-0.4, -0.2) is 69.7 Å². The fraction of sp³-hybridized carbons (Fsp3) is 0.923. The standard InChI is InChI=1S/C13H28N2O3S/c1-4-15(11-12(2)13(14)19)5-6-17-9-10-18-8-7-16-3/h12H,4-11H2,1-3H3,(H2,14,19). The SMILES string of the molecule is CCN(CCOCCOCCOC)CC(C)C(N)=S. The predicted octanol–water partition coefficient (Wildman–Crippen LogP) is 0.910. The molecule has 0 saturated carbocycles. The molecule has 1 unspecified atom stereocenters. The molecule has 0 saturated heterocycles. The van der Waals surface area contributed by atoms with Crippen LogP contribution in [0.4, 0.5) is 0 Å². The van der Waals surface area contributed by atoms with Crippen LogP contribution >= 0.6 is 12.2 Å². The van der Waals surface area contributed by atoms with Gasteiger partial charge < -0.3 is 24.8 Å². The summed E-state index contributed by atoms with van der Waals surface area (Å²) in [6.45, 7) is 10.1. The summed E-state index contributed by atoms with van der Waals surface area (Å²) in [7, 11) is 1.66. The summed E-state index contributed by atoms with van der Waals surface area (Å²) >= 11 is 4.98. The first kappa shape index (κ1) is 18.7. The highest BCUT2D eigenvalue weighted by molar-refractivity contribution is 7.80. The van der Waals surface area contributed by atoms with E-state index in [4.69, 9.17) is 32.2 Å². The van der Waals surface area contributed by atoms with Crippen LogP contribution in [0.3, 0.4) is 0 Å². The van der Waals surface area contributed by atoms with Gasteiger partial charge in [0.1, 0.15) is 0 Å². The molecule has 19 heavy (non-hydrogen) atoms. The Labute approximate surface area is 122 Å². The van der Waals surface area contributed by atoms with E-state index in [0.717, 1.165) is 19.6 Å². The summed E-state index contributed by atoms with van der Waals surface area (Å²) in [6, 6.07) is 0. The van der Waals surface area contributed by atoms with Crippen molar-refractivity contribution in [2.75, 3.05) is 59.8 Å². The molecule has 0 heterocycles. The number of thiocarbonyl (C=S) groups is 1. The molecule has 0 aromatic heterocycles. The quantitative estimate of drug-likeness (QED) is 0.402. The molecule has 0 amide bonds. The molecular formula is C13H28N2O3S. The lowest BCUT2D eigenvalue weighted by atomic mass is 10.1. The third-order valence-electron chi connectivity index (χ3n) is 2.82. The van der Waals surface area contributed by atoms with Crippen molar-refractivity contribution in [3.8, 4) is 0 Å². The van der Waals surface area contributed by atoms with Crippen molar-refractivity contribution >= 4 is 17.2 Å². The summed E-state index contributed by atoms with van der Waals surface area (Å²) in [5.74, 6) is 0.243. The van der Waals surface area contributed by atoms with Crippen LogP contribution in [0.1, 0.15) is 13.8 Å². The number of likely N-dealkylation sites (N-methyl/N-ethyl adjacent to an activating group) is 1. The first-order chi connectivity index (χ1) is 9.11. The molecule has 0 radical (unpaired) electrons. The second-order valence-corrected chi connectivity index (χ2v) is 4.89. The predicted molar refractivity (Wildman–Crippen MR) is 81.6 cm³/mol. The minimum Gasteiger partial charge on any atom is -0.393 e. The van der Waals surface area contributed by atoms with Gasteiger partial charge >= 0.3 is 0 Å². The number of rotatable bonds is 13. The third kappa shape index (κ3) is 11.3. The van der Waals surface area contributed by atoms with E-state index in [1.165, 1.54) is 0 Å². The summed E-state index contributed by atoms with van der Waals surface area (Å²) in [5.41, 5.74) is 5.62. The van der Waals surface area contributed by atoms with Gasteiger partial charge in [-0.05, 0) is 6.54 Å². The van der Waals surface area contributed by atoms with Gasteiger partial charge in [-0.3, -0.25) is 0 Å². The van der Waals surface area contributed by atoms with E-state index < -0.39 is 0 Å². The smallest absolute Gasteiger partial charge is 0.0768 e. The number of nitrogens with two attached hydrogens (primary N) is 1. The van der Waals surface area contributed by atoms with Crippen LogP contribution in [0, 0.1) is 5.92 Å².